The Bertz CT molecular complexity index is 825. The van der Waals surface area contributed by atoms with Gasteiger partial charge in [-0.15, -0.1) is 0 Å². The van der Waals surface area contributed by atoms with Crippen LogP contribution in [0.4, 0.5) is 0 Å². The monoisotopic (exact) mass is 364 g/mol. The van der Waals surface area contributed by atoms with E-state index in [4.69, 9.17) is 11.6 Å². The minimum atomic E-state index is -1.08. The fourth-order valence-corrected chi connectivity index (χ4v) is 3.46. The first-order valence-electron chi connectivity index (χ1n) is 7.90. The van der Waals surface area contributed by atoms with Crippen molar-refractivity contribution in [2.24, 2.45) is 0 Å². The number of halogens is 1. The minimum Gasteiger partial charge on any atom is -0.379 e. The highest BCUT2D eigenvalue weighted by Crippen LogP contribution is 2.32. The zero-order chi connectivity index (χ0) is 17.5. The maximum absolute atomic E-state index is 11.4. The van der Waals surface area contributed by atoms with Crippen LogP contribution < -0.4 is 0 Å². The van der Waals surface area contributed by atoms with E-state index in [1.54, 1.807) is 0 Å². The molecule has 1 nitrogen and oxygen atoms in total. The summed E-state index contributed by atoms with van der Waals surface area (Å²) in [7, 11) is 0. The molecule has 0 aliphatic heterocycles. The smallest absolute Gasteiger partial charge is 0.125 e. The molecule has 0 atom stereocenters. The van der Waals surface area contributed by atoms with Crippen LogP contribution in [0.5, 0.6) is 0 Å². The normalized spacial score (nSPS) is 10.8. The molecule has 124 valence electrons. The highest BCUT2D eigenvalue weighted by Gasteiger charge is 2.31. The van der Waals surface area contributed by atoms with Gasteiger partial charge in [0, 0.05) is 16.3 Å². The molecule has 0 radical (unpaired) electrons. The van der Waals surface area contributed by atoms with Crippen molar-refractivity contribution in [3.05, 3.63) is 107 Å². The van der Waals surface area contributed by atoms with Crippen molar-refractivity contribution in [3.8, 4) is 11.2 Å². The van der Waals surface area contributed by atoms with Crippen molar-refractivity contribution < 1.29 is 5.11 Å². The lowest BCUT2D eigenvalue weighted by atomic mass is 9.88. The molecular weight excluding hydrogens is 348 g/mol. The summed E-state index contributed by atoms with van der Waals surface area (Å²) >= 11 is 7.29. The lowest BCUT2D eigenvalue weighted by Crippen LogP contribution is -2.30. The zero-order valence-electron chi connectivity index (χ0n) is 13.5. The van der Waals surface area contributed by atoms with E-state index in [0.717, 1.165) is 16.7 Å². The summed E-state index contributed by atoms with van der Waals surface area (Å²) in [6.07, 6.45) is 0. The highest BCUT2D eigenvalue weighted by molar-refractivity contribution is 8.03. The first-order chi connectivity index (χ1) is 12.2. The number of hydrogen-bond acceptors (Lipinski definition) is 2. The summed E-state index contributed by atoms with van der Waals surface area (Å²) in [6, 6.07) is 26.8. The van der Waals surface area contributed by atoms with E-state index in [0.29, 0.717) is 10.8 Å². The second kappa shape index (κ2) is 8.27. The van der Waals surface area contributed by atoms with Gasteiger partial charge in [-0.25, -0.2) is 0 Å². The molecule has 3 heteroatoms. The standard InChI is InChI=1S/C22H17ClOS/c23-21-13-11-18(12-14-21)15-16-25-17-22(24,19-7-3-1-4-8-19)20-9-5-2-6-10-20/h1-14,24H,17H2. The number of aliphatic hydroxyl groups is 1. The maximum Gasteiger partial charge on any atom is 0.125 e. The molecule has 0 bridgehead atoms. The molecule has 0 saturated heterocycles. The van der Waals surface area contributed by atoms with Gasteiger partial charge >= 0.3 is 0 Å². The second-order valence-electron chi connectivity index (χ2n) is 5.61. The molecule has 1 N–H and O–H groups in total. The fourth-order valence-electron chi connectivity index (χ4n) is 2.53. The topological polar surface area (TPSA) is 20.2 Å². The van der Waals surface area contributed by atoms with Crippen molar-refractivity contribution in [1.82, 2.24) is 0 Å². The Morgan fingerprint density at radius 2 is 1.32 bits per heavy atom. The van der Waals surface area contributed by atoms with Crippen LogP contribution >= 0.6 is 23.4 Å². The highest BCUT2D eigenvalue weighted by atomic mass is 35.5. The molecule has 3 aromatic rings. The summed E-state index contributed by atoms with van der Waals surface area (Å²) in [4.78, 5) is 0. The van der Waals surface area contributed by atoms with Crippen LogP contribution in [-0.2, 0) is 5.60 Å². The van der Waals surface area contributed by atoms with Crippen molar-refractivity contribution in [3.63, 3.8) is 0 Å². The predicted molar refractivity (Wildman–Crippen MR) is 107 cm³/mol. The Balaban J connectivity index is 1.81. The first kappa shape index (κ1) is 17.6. The molecule has 0 amide bonds. The summed E-state index contributed by atoms with van der Waals surface area (Å²) < 4.78 is 0. The number of benzene rings is 3. The van der Waals surface area contributed by atoms with Crippen LogP contribution in [0.3, 0.4) is 0 Å². The quantitative estimate of drug-likeness (QED) is 0.632. The van der Waals surface area contributed by atoms with Gasteiger partial charge in [-0.05, 0) is 40.6 Å². The van der Waals surface area contributed by atoms with E-state index in [2.05, 4.69) is 11.2 Å². The van der Waals surface area contributed by atoms with Crippen LogP contribution in [0.25, 0.3) is 0 Å². The van der Waals surface area contributed by atoms with Gasteiger partial charge in [-0.2, -0.15) is 0 Å². The molecule has 0 aliphatic rings. The Kier molecular flexibility index (Phi) is 5.83. The minimum absolute atomic E-state index is 0.446. The van der Waals surface area contributed by atoms with Crippen molar-refractivity contribution >= 4 is 23.4 Å². The van der Waals surface area contributed by atoms with Crippen LogP contribution in [0, 0.1) is 11.2 Å². The van der Waals surface area contributed by atoms with Crippen molar-refractivity contribution in [2.45, 2.75) is 5.60 Å². The molecule has 0 aromatic heterocycles. The van der Waals surface area contributed by atoms with Gasteiger partial charge in [0.1, 0.15) is 5.60 Å². The van der Waals surface area contributed by atoms with Gasteiger partial charge in [0.05, 0.1) is 0 Å². The van der Waals surface area contributed by atoms with Crippen LogP contribution in [0.2, 0.25) is 5.02 Å². The second-order valence-corrected chi connectivity index (χ2v) is 6.83. The number of thioether (sulfide) groups is 1. The van der Waals surface area contributed by atoms with Crippen LogP contribution in [0.1, 0.15) is 16.7 Å². The molecule has 0 saturated carbocycles. The Morgan fingerprint density at radius 3 is 1.84 bits per heavy atom. The van der Waals surface area contributed by atoms with Gasteiger partial charge in [-0.3, -0.25) is 0 Å². The molecule has 0 fully saturated rings. The Hall–Kier alpha value is -2.18. The fraction of sp³-hybridized carbons (Fsp3) is 0.0909. The van der Waals surface area contributed by atoms with E-state index in [1.165, 1.54) is 11.8 Å². The third kappa shape index (κ3) is 4.46. The Labute approximate surface area is 157 Å². The van der Waals surface area contributed by atoms with Crippen molar-refractivity contribution in [2.75, 3.05) is 5.75 Å². The van der Waals surface area contributed by atoms with Gasteiger partial charge in [0.15, 0.2) is 0 Å². The third-order valence-electron chi connectivity index (χ3n) is 3.90. The summed E-state index contributed by atoms with van der Waals surface area (Å²) in [6.45, 7) is 0. The Morgan fingerprint density at radius 1 is 0.800 bits per heavy atom. The van der Waals surface area contributed by atoms with Gasteiger partial charge in [0.2, 0.25) is 0 Å². The molecule has 3 rings (SSSR count). The first-order valence-corrected chi connectivity index (χ1v) is 9.27. The average Bonchev–Trinajstić information content (AvgIpc) is 2.68. The third-order valence-corrected chi connectivity index (χ3v) is 4.96. The van der Waals surface area contributed by atoms with Gasteiger partial charge < -0.3 is 5.11 Å². The van der Waals surface area contributed by atoms with E-state index in [-0.39, 0.29) is 0 Å². The molecule has 3 aromatic carbocycles. The summed E-state index contributed by atoms with van der Waals surface area (Å²) in [5.74, 6) is 3.54. The zero-order valence-corrected chi connectivity index (χ0v) is 15.1. The van der Waals surface area contributed by atoms with E-state index in [9.17, 15) is 5.11 Å². The molecule has 0 unspecified atom stereocenters. The molecule has 0 aliphatic carbocycles. The molecule has 0 spiro atoms. The lowest BCUT2D eigenvalue weighted by molar-refractivity contribution is 0.108. The van der Waals surface area contributed by atoms with Crippen molar-refractivity contribution in [1.29, 1.82) is 0 Å². The van der Waals surface area contributed by atoms with Crippen LogP contribution in [0.15, 0.2) is 84.9 Å². The SMILES string of the molecule is OC(CSC#Cc1ccc(Cl)cc1)(c1ccccc1)c1ccccc1. The molecule has 0 heterocycles. The molecule has 25 heavy (non-hydrogen) atoms. The average molecular weight is 365 g/mol. The van der Waals surface area contributed by atoms with Gasteiger partial charge in [0.25, 0.3) is 0 Å². The number of hydrogen-bond donors (Lipinski definition) is 1. The largest absolute Gasteiger partial charge is 0.379 e. The maximum atomic E-state index is 11.4. The van der Waals surface area contributed by atoms with Gasteiger partial charge in [-0.1, -0.05) is 89.9 Å². The molecular formula is C22H17ClOS. The van der Waals surface area contributed by atoms with E-state index >= 15 is 0 Å². The number of rotatable bonds is 4. The predicted octanol–water partition coefficient (Wildman–Crippen LogP) is 5.32. The lowest BCUT2D eigenvalue weighted by Gasteiger charge is -2.28. The van der Waals surface area contributed by atoms with E-state index < -0.39 is 5.60 Å². The summed E-state index contributed by atoms with van der Waals surface area (Å²) in [5, 5.41) is 15.2. The summed E-state index contributed by atoms with van der Waals surface area (Å²) in [5.41, 5.74) is 1.55. The van der Waals surface area contributed by atoms with Crippen LogP contribution in [-0.4, -0.2) is 10.9 Å². The van der Waals surface area contributed by atoms with E-state index in [1.807, 2.05) is 84.9 Å².